The lowest BCUT2D eigenvalue weighted by molar-refractivity contribution is 0.297. The van der Waals surface area contributed by atoms with E-state index < -0.39 is 0 Å². The highest BCUT2D eigenvalue weighted by atomic mass is 16.5. The molecule has 0 saturated carbocycles. The second kappa shape index (κ2) is 4.84. The lowest BCUT2D eigenvalue weighted by atomic mass is 10.1. The van der Waals surface area contributed by atoms with Crippen molar-refractivity contribution in [2.45, 2.75) is 19.8 Å². The predicted octanol–water partition coefficient (Wildman–Crippen LogP) is 2.65. The fourth-order valence-electron chi connectivity index (χ4n) is 2.15. The molecule has 1 aliphatic rings. The number of fused-ring (bicyclic) bond motifs is 1. The number of nitrogens with zero attached hydrogens (tertiary/aromatic N) is 1. The maximum Gasteiger partial charge on any atom is 0.292 e. The van der Waals surface area contributed by atoms with Crippen LogP contribution in [0.4, 0.5) is 6.01 Å². The summed E-state index contributed by atoms with van der Waals surface area (Å²) >= 11 is 0. The van der Waals surface area contributed by atoms with Gasteiger partial charge in [-0.05, 0) is 18.2 Å². The fourth-order valence-corrected chi connectivity index (χ4v) is 2.15. The first-order chi connectivity index (χ1) is 9.28. The topological polar surface area (TPSA) is 70.5 Å². The van der Waals surface area contributed by atoms with E-state index in [4.69, 9.17) is 19.6 Å². The minimum Gasteiger partial charge on any atom is -0.490 e. The second-order valence-electron chi connectivity index (χ2n) is 4.39. The Labute approximate surface area is 111 Å². The van der Waals surface area contributed by atoms with Gasteiger partial charge in [-0.3, -0.25) is 0 Å². The molecule has 1 aromatic heterocycles. The lowest BCUT2D eigenvalue weighted by Crippen LogP contribution is -1.97. The minimum absolute atomic E-state index is 0.193. The minimum atomic E-state index is 0.193. The monoisotopic (exact) mass is 260 g/mol. The molecule has 0 spiro atoms. The largest absolute Gasteiger partial charge is 0.490 e. The molecule has 5 nitrogen and oxygen atoms in total. The summed E-state index contributed by atoms with van der Waals surface area (Å²) in [5, 5.41) is 0. The van der Waals surface area contributed by atoms with Crippen LogP contribution in [0.2, 0.25) is 0 Å². The van der Waals surface area contributed by atoms with Gasteiger partial charge in [0.25, 0.3) is 6.01 Å². The highest BCUT2D eigenvalue weighted by Gasteiger charge is 2.16. The molecule has 0 atom stereocenters. The van der Waals surface area contributed by atoms with Crippen LogP contribution >= 0.6 is 0 Å². The molecule has 100 valence electrons. The number of aromatic nitrogens is 1. The van der Waals surface area contributed by atoms with Crippen molar-refractivity contribution in [2.75, 3.05) is 18.9 Å². The molecule has 2 N–H and O–H groups in total. The summed E-state index contributed by atoms with van der Waals surface area (Å²) in [4.78, 5) is 4.24. The zero-order chi connectivity index (χ0) is 13.2. The number of hydrogen-bond acceptors (Lipinski definition) is 5. The third kappa shape index (κ3) is 2.23. The average Bonchev–Trinajstić information content (AvgIpc) is 2.66. The Morgan fingerprint density at radius 1 is 1.21 bits per heavy atom. The van der Waals surface area contributed by atoms with Crippen molar-refractivity contribution < 1.29 is 13.9 Å². The molecule has 3 rings (SSSR count). The van der Waals surface area contributed by atoms with Crippen LogP contribution in [0.1, 0.15) is 19.1 Å². The fraction of sp³-hybridized carbons (Fsp3) is 0.357. The summed E-state index contributed by atoms with van der Waals surface area (Å²) in [6.45, 7) is 3.36. The van der Waals surface area contributed by atoms with Crippen molar-refractivity contribution in [2.24, 2.45) is 0 Å². The van der Waals surface area contributed by atoms with Gasteiger partial charge in [-0.25, -0.2) is 0 Å². The Morgan fingerprint density at radius 3 is 2.79 bits per heavy atom. The van der Waals surface area contributed by atoms with E-state index in [0.717, 1.165) is 41.4 Å². The molecule has 1 aliphatic heterocycles. The SMILES string of the molecule is CCc1oc(N)nc1-c1ccc2c(c1)OCCCO2. The van der Waals surface area contributed by atoms with E-state index in [1.54, 1.807) is 0 Å². The van der Waals surface area contributed by atoms with Crippen molar-refractivity contribution in [3.8, 4) is 22.8 Å². The van der Waals surface area contributed by atoms with Gasteiger partial charge in [0.2, 0.25) is 0 Å². The lowest BCUT2D eigenvalue weighted by Gasteiger charge is -2.08. The Kier molecular flexibility index (Phi) is 3.03. The molecule has 1 aromatic carbocycles. The molecule has 0 fully saturated rings. The molecular formula is C14H16N2O3. The Morgan fingerprint density at radius 2 is 2.00 bits per heavy atom. The number of benzene rings is 1. The van der Waals surface area contributed by atoms with Crippen LogP contribution in [0.5, 0.6) is 11.5 Å². The van der Waals surface area contributed by atoms with Gasteiger partial charge >= 0.3 is 0 Å². The zero-order valence-electron chi connectivity index (χ0n) is 10.8. The quantitative estimate of drug-likeness (QED) is 0.898. The predicted molar refractivity (Wildman–Crippen MR) is 71.3 cm³/mol. The highest BCUT2D eigenvalue weighted by molar-refractivity contribution is 5.66. The van der Waals surface area contributed by atoms with Crippen molar-refractivity contribution in [1.29, 1.82) is 0 Å². The first kappa shape index (κ1) is 11.9. The molecule has 5 heteroatoms. The summed E-state index contributed by atoms with van der Waals surface area (Å²) in [7, 11) is 0. The van der Waals surface area contributed by atoms with Crippen molar-refractivity contribution in [3.63, 3.8) is 0 Å². The summed E-state index contributed by atoms with van der Waals surface area (Å²) in [6, 6.07) is 5.97. The van der Waals surface area contributed by atoms with Crippen LogP contribution in [0, 0.1) is 0 Å². The maximum atomic E-state index is 5.68. The maximum absolute atomic E-state index is 5.68. The van der Waals surface area contributed by atoms with Gasteiger partial charge in [-0.15, -0.1) is 0 Å². The van der Waals surface area contributed by atoms with E-state index in [0.29, 0.717) is 13.2 Å². The van der Waals surface area contributed by atoms with Crippen LogP contribution in [0.25, 0.3) is 11.3 Å². The van der Waals surface area contributed by atoms with Gasteiger partial charge in [-0.2, -0.15) is 4.98 Å². The molecular weight excluding hydrogens is 244 g/mol. The third-order valence-electron chi connectivity index (χ3n) is 3.06. The van der Waals surface area contributed by atoms with Gasteiger partial charge in [0.1, 0.15) is 11.5 Å². The molecule has 0 saturated heterocycles. The Hall–Kier alpha value is -2.17. The second-order valence-corrected chi connectivity index (χ2v) is 4.39. The molecule has 0 radical (unpaired) electrons. The Balaban J connectivity index is 2.03. The number of anilines is 1. The van der Waals surface area contributed by atoms with Crippen LogP contribution in [0.15, 0.2) is 22.6 Å². The first-order valence-corrected chi connectivity index (χ1v) is 6.43. The molecule has 0 aliphatic carbocycles. The van der Waals surface area contributed by atoms with Crippen molar-refractivity contribution in [3.05, 3.63) is 24.0 Å². The van der Waals surface area contributed by atoms with Crippen LogP contribution < -0.4 is 15.2 Å². The molecule has 0 amide bonds. The van der Waals surface area contributed by atoms with E-state index >= 15 is 0 Å². The standard InChI is InChI=1S/C14H16N2O3/c1-2-10-13(16-14(15)19-10)9-4-5-11-12(8-9)18-7-3-6-17-11/h4-5,8H,2-3,6-7H2,1H3,(H2,15,16). The summed E-state index contributed by atoms with van der Waals surface area (Å²) < 4.78 is 16.7. The van der Waals surface area contributed by atoms with Gasteiger partial charge in [0, 0.05) is 18.4 Å². The zero-order valence-corrected chi connectivity index (χ0v) is 10.8. The van der Waals surface area contributed by atoms with E-state index in [1.807, 2.05) is 25.1 Å². The normalized spacial score (nSPS) is 14.2. The first-order valence-electron chi connectivity index (χ1n) is 6.43. The van der Waals surface area contributed by atoms with Gasteiger partial charge in [0.05, 0.1) is 13.2 Å². The molecule has 2 heterocycles. The summed E-state index contributed by atoms with van der Waals surface area (Å²) in [6.07, 6.45) is 1.63. The average molecular weight is 260 g/mol. The molecule has 0 bridgehead atoms. The van der Waals surface area contributed by atoms with Crippen LogP contribution in [-0.2, 0) is 6.42 Å². The number of hydrogen-bond donors (Lipinski definition) is 1. The molecule has 0 unspecified atom stereocenters. The van der Waals surface area contributed by atoms with Gasteiger partial charge < -0.3 is 19.6 Å². The van der Waals surface area contributed by atoms with E-state index in [9.17, 15) is 0 Å². The summed E-state index contributed by atoms with van der Waals surface area (Å²) in [5.41, 5.74) is 7.33. The Bertz CT molecular complexity index is 592. The number of rotatable bonds is 2. The van der Waals surface area contributed by atoms with Crippen molar-refractivity contribution >= 4 is 6.01 Å². The van der Waals surface area contributed by atoms with Gasteiger partial charge in [-0.1, -0.05) is 6.92 Å². The van der Waals surface area contributed by atoms with Crippen LogP contribution in [0.3, 0.4) is 0 Å². The van der Waals surface area contributed by atoms with Gasteiger partial charge in [0.15, 0.2) is 11.5 Å². The third-order valence-corrected chi connectivity index (χ3v) is 3.06. The number of oxazole rings is 1. The number of aryl methyl sites for hydroxylation is 1. The van der Waals surface area contributed by atoms with E-state index in [1.165, 1.54) is 0 Å². The smallest absolute Gasteiger partial charge is 0.292 e. The number of nitrogen functional groups attached to an aromatic ring is 1. The van der Waals surface area contributed by atoms with Crippen molar-refractivity contribution in [1.82, 2.24) is 4.98 Å². The highest BCUT2D eigenvalue weighted by Crippen LogP contribution is 2.35. The molecule has 19 heavy (non-hydrogen) atoms. The van der Waals surface area contributed by atoms with Crippen LogP contribution in [-0.4, -0.2) is 18.2 Å². The number of nitrogens with two attached hydrogens (primary N) is 1. The van der Waals surface area contributed by atoms with E-state index in [2.05, 4.69) is 4.98 Å². The summed E-state index contributed by atoms with van der Waals surface area (Å²) in [5.74, 6) is 2.31. The molecule has 2 aromatic rings. The number of ether oxygens (including phenoxy) is 2. The van der Waals surface area contributed by atoms with E-state index in [-0.39, 0.29) is 6.01 Å².